The topological polar surface area (TPSA) is 108 Å². The van der Waals surface area contributed by atoms with Crippen LogP contribution < -0.4 is 4.72 Å². The fraction of sp³-hybridized carbons (Fsp3) is 0.333. The molecule has 0 unspecified atom stereocenters. The van der Waals surface area contributed by atoms with E-state index in [4.69, 9.17) is 0 Å². The predicted molar refractivity (Wildman–Crippen MR) is 73.8 cm³/mol. The lowest BCUT2D eigenvalue weighted by Crippen LogP contribution is -2.16. The molecular weight excluding hydrogens is 280 g/mol. The van der Waals surface area contributed by atoms with Crippen LogP contribution in [0.3, 0.4) is 0 Å². The summed E-state index contributed by atoms with van der Waals surface area (Å²) in [6.45, 7) is 4.87. The summed E-state index contributed by atoms with van der Waals surface area (Å²) in [4.78, 5) is 4.12. The number of rotatable bonds is 4. The Morgan fingerprint density at radius 2 is 2.00 bits per heavy atom. The van der Waals surface area contributed by atoms with Crippen LogP contribution in [0.25, 0.3) is 0 Å². The fourth-order valence-electron chi connectivity index (χ4n) is 1.92. The van der Waals surface area contributed by atoms with Crippen molar-refractivity contribution < 1.29 is 13.5 Å². The van der Waals surface area contributed by atoms with Crippen LogP contribution in [-0.2, 0) is 16.6 Å². The molecule has 0 saturated heterocycles. The minimum absolute atomic E-state index is 0.210. The molecule has 0 amide bonds. The average Bonchev–Trinajstić information content (AvgIpc) is 2.68. The van der Waals surface area contributed by atoms with Crippen molar-refractivity contribution in [2.24, 2.45) is 0 Å². The van der Waals surface area contributed by atoms with Gasteiger partial charge in [0.2, 0.25) is 5.03 Å². The van der Waals surface area contributed by atoms with Crippen LogP contribution in [-0.4, -0.2) is 28.7 Å². The highest BCUT2D eigenvalue weighted by molar-refractivity contribution is 7.92. The zero-order chi connectivity index (χ0) is 14.9. The Morgan fingerprint density at radius 1 is 1.30 bits per heavy atom. The van der Waals surface area contributed by atoms with Crippen LogP contribution in [0.5, 0.6) is 0 Å². The number of aliphatic hydroxyl groups is 1. The summed E-state index contributed by atoms with van der Waals surface area (Å²) in [7, 11) is -3.88. The Bertz CT molecular complexity index is 717. The van der Waals surface area contributed by atoms with Gasteiger partial charge in [0, 0.05) is 17.0 Å². The molecule has 0 aliphatic carbocycles. The van der Waals surface area contributed by atoms with Crippen LogP contribution in [0, 0.1) is 20.8 Å². The van der Waals surface area contributed by atoms with Crippen LogP contribution in [0.2, 0.25) is 0 Å². The number of anilines is 1. The zero-order valence-electron chi connectivity index (χ0n) is 11.4. The number of nitrogens with one attached hydrogen (secondary N) is 2. The van der Waals surface area contributed by atoms with Crippen LogP contribution >= 0.6 is 0 Å². The maximum atomic E-state index is 12.3. The summed E-state index contributed by atoms with van der Waals surface area (Å²) < 4.78 is 26.9. The molecule has 0 bridgehead atoms. The molecule has 0 radical (unpaired) electrons. The molecule has 108 valence electrons. The van der Waals surface area contributed by atoms with Gasteiger partial charge in [0.25, 0.3) is 10.0 Å². The number of aromatic nitrogens is 3. The molecule has 0 aromatic carbocycles. The molecule has 3 N–H and O–H groups in total. The number of aromatic amines is 1. The Labute approximate surface area is 117 Å². The molecule has 8 heteroatoms. The molecule has 7 nitrogen and oxygen atoms in total. The van der Waals surface area contributed by atoms with Gasteiger partial charge in [0.15, 0.2) is 0 Å². The van der Waals surface area contributed by atoms with E-state index in [0.29, 0.717) is 11.4 Å². The first-order chi connectivity index (χ1) is 9.33. The lowest BCUT2D eigenvalue weighted by molar-refractivity contribution is 0.277. The zero-order valence-corrected chi connectivity index (χ0v) is 12.2. The normalized spacial score (nSPS) is 11.6. The molecule has 0 spiro atoms. The number of hydrogen-bond donors (Lipinski definition) is 3. The van der Waals surface area contributed by atoms with Gasteiger partial charge in [-0.25, -0.2) is 4.98 Å². The third-order valence-electron chi connectivity index (χ3n) is 2.79. The van der Waals surface area contributed by atoms with E-state index in [2.05, 4.69) is 19.9 Å². The highest BCUT2D eigenvalue weighted by Crippen LogP contribution is 2.19. The average molecular weight is 296 g/mol. The lowest BCUT2D eigenvalue weighted by atomic mass is 10.2. The van der Waals surface area contributed by atoms with E-state index in [1.54, 1.807) is 19.9 Å². The van der Waals surface area contributed by atoms with Gasteiger partial charge in [-0.3, -0.25) is 9.82 Å². The van der Waals surface area contributed by atoms with Gasteiger partial charge in [0.1, 0.15) is 5.82 Å². The van der Waals surface area contributed by atoms with Crippen molar-refractivity contribution in [3.63, 3.8) is 0 Å². The second-order valence-electron chi connectivity index (χ2n) is 4.57. The molecule has 0 fully saturated rings. The number of nitrogens with zero attached hydrogens (tertiary/aromatic N) is 2. The third-order valence-corrected chi connectivity index (χ3v) is 4.11. The van der Waals surface area contributed by atoms with E-state index in [0.717, 1.165) is 5.56 Å². The lowest BCUT2D eigenvalue weighted by Gasteiger charge is -2.08. The van der Waals surface area contributed by atoms with Crippen LogP contribution in [0.15, 0.2) is 17.2 Å². The van der Waals surface area contributed by atoms with Gasteiger partial charge in [0.05, 0.1) is 6.61 Å². The van der Waals surface area contributed by atoms with Gasteiger partial charge in [-0.2, -0.15) is 13.5 Å². The minimum Gasteiger partial charge on any atom is -0.392 e. The van der Waals surface area contributed by atoms with Gasteiger partial charge >= 0.3 is 0 Å². The predicted octanol–water partition coefficient (Wildman–Crippen LogP) is 1.02. The second kappa shape index (κ2) is 5.22. The van der Waals surface area contributed by atoms with E-state index in [9.17, 15) is 13.5 Å². The molecule has 2 aromatic rings. The molecule has 0 aliphatic rings. The van der Waals surface area contributed by atoms with E-state index < -0.39 is 16.6 Å². The molecule has 0 aliphatic heterocycles. The first-order valence-electron chi connectivity index (χ1n) is 5.96. The second-order valence-corrected chi connectivity index (χ2v) is 6.16. The van der Waals surface area contributed by atoms with Crippen LogP contribution in [0.4, 0.5) is 5.82 Å². The molecule has 2 heterocycles. The van der Waals surface area contributed by atoms with E-state index in [1.165, 1.54) is 0 Å². The van der Waals surface area contributed by atoms with Crippen molar-refractivity contribution in [2.75, 3.05) is 4.72 Å². The van der Waals surface area contributed by atoms with Crippen molar-refractivity contribution in [2.45, 2.75) is 32.4 Å². The van der Waals surface area contributed by atoms with Gasteiger partial charge in [-0.1, -0.05) is 0 Å². The number of hydrogen-bond acceptors (Lipinski definition) is 5. The Morgan fingerprint density at radius 3 is 2.60 bits per heavy atom. The molecule has 2 rings (SSSR count). The number of aliphatic hydroxyl groups excluding tert-OH is 1. The molecule has 0 saturated carbocycles. The summed E-state index contributed by atoms with van der Waals surface area (Å²) in [6.07, 6.45) is 0. The monoisotopic (exact) mass is 296 g/mol. The largest absolute Gasteiger partial charge is 0.392 e. The standard InChI is InChI=1S/C12H16N4O3S/c1-7-4-8(2)13-11(5-7)16-20(18,19)12-10(6-17)9(3)14-15-12/h4-5,17H,6H2,1-3H3,(H,13,16)(H,14,15). The molecule has 20 heavy (non-hydrogen) atoms. The molecular formula is C12H16N4O3S. The van der Waals surface area contributed by atoms with Gasteiger partial charge < -0.3 is 5.11 Å². The minimum atomic E-state index is -3.88. The summed E-state index contributed by atoms with van der Waals surface area (Å²) in [6, 6.07) is 3.47. The smallest absolute Gasteiger partial charge is 0.282 e. The summed E-state index contributed by atoms with van der Waals surface area (Å²) >= 11 is 0. The van der Waals surface area contributed by atoms with Gasteiger partial charge in [-0.05, 0) is 38.5 Å². The number of sulfonamides is 1. The third kappa shape index (κ3) is 2.81. The Balaban J connectivity index is 2.40. The maximum Gasteiger partial charge on any atom is 0.282 e. The summed E-state index contributed by atoms with van der Waals surface area (Å²) in [5, 5.41) is 15.3. The maximum absolute atomic E-state index is 12.3. The fourth-order valence-corrected chi connectivity index (χ4v) is 3.10. The number of pyridine rings is 1. The Hall–Kier alpha value is -1.93. The van der Waals surface area contributed by atoms with Crippen molar-refractivity contribution in [1.29, 1.82) is 0 Å². The molecule has 0 atom stereocenters. The van der Waals surface area contributed by atoms with E-state index in [1.807, 2.05) is 13.0 Å². The van der Waals surface area contributed by atoms with Crippen molar-refractivity contribution in [3.8, 4) is 0 Å². The summed E-state index contributed by atoms with van der Waals surface area (Å²) in [5.74, 6) is 0.229. The first kappa shape index (κ1) is 14.5. The molecule has 2 aromatic heterocycles. The SMILES string of the molecule is Cc1cc(C)nc(NS(=O)(=O)c2n[nH]c(C)c2CO)c1. The number of aryl methyl sites for hydroxylation is 3. The van der Waals surface area contributed by atoms with Crippen LogP contribution in [0.1, 0.15) is 22.5 Å². The van der Waals surface area contributed by atoms with Crippen molar-refractivity contribution in [3.05, 3.63) is 34.6 Å². The number of H-pyrrole nitrogens is 1. The van der Waals surface area contributed by atoms with E-state index >= 15 is 0 Å². The Kier molecular flexibility index (Phi) is 3.78. The quantitative estimate of drug-likeness (QED) is 0.780. The van der Waals surface area contributed by atoms with Crippen molar-refractivity contribution >= 4 is 15.8 Å². The summed E-state index contributed by atoms with van der Waals surface area (Å²) in [5.41, 5.74) is 2.38. The van der Waals surface area contributed by atoms with Crippen molar-refractivity contribution in [1.82, 2.24) is 15.2 Å². The first-order valence-corrected chi connectivity index (χ1v) is 7.44. The highest BCUT2D eigenvalue weighted by atomic mass is 32.2. The highest BCUT2D eigenvalue weighted by Gasteiger charge is 2.24. The van der Waals surface area contributed by atoms with E-state index in [-0.39, 0.29) is 16.4 Å². The van der Waals surface area contributed by atoms with Gasteiger partial charge in [-0.15, -0.1) is 0 Å².